The molecule has 0 aliphatic heterocycles. The van der Waals surface area contributed by atoms with Crippen LogP contribution in [-0.2, 0) is 0 Å². The minimum absolute atomic E-state index is 0.0387. The summed E-state index contributed by atoms with van der Waals surface area (Å²) in [5.41, 5.74) is 0.831. The molecule has 0 bridgehead atoms. The number of nitro benzene ring substituents is 1. The van der Waals surface area contributed by atoms with E-state index in [4.69, 9.17) is 4.42 Å². The third-order valence-corrected chi connectivity index (χ3v) is 2.77. The van der Waals surface area contributed by atoms with Crippen LogP contribution in [0.2, 0.25) is 0 Å². The van der Waals surface area contributed by atoms with Crippen LogP contribution in [0.15, 0.2) is 34.9 Å². The minimum Gasteiger partial charge on any atom is -0.439 e. The quantitative estimate of drug-likeness (QED) is 0.661. The Bertz CT molecular complexity index is 563. The highest BCUT2D eigenvalue weighted by Gasteiger charge is 2.13. The van der Waals surface area contributed by atoms with Crippen LogP contribution in [-0.4, -0.2) is 16.5 Å². The second kappa shape index (κ2) is 5.62. The highest BCUT2D eigenvalue weighted by atomic mass is 16.6. The first-order chi connectivity index (χ1) is 9.11. The maximum atomic E-state index is 10.6. The van der Waals surface area contributed by atoms with E-state index in [0.29, 0.717) is 11.7 Å². The summed E-state index contributed by atoms with van der Waals surface area (Å²) in [6, 6.07) is 6.24. The average Bonchev–Trinajstić information content (AvgIpc) is 2.89. The van der Waals surface area contributed by atoms with E-state index in [9.17, 15) is 10.1 Å². The molecule has 1 N–H and O–H groups in total. The van der Waals surface area contributed by atoms with E-state index in [1.54, 1.807) is 18.3 Å². The van der Waals surface area contributed by atoms with E-state index in [0.717, 1.165) is 12.1 Å². The number of benzene rings is 1. The molecule has 0 radical (unpaired) electrons. The Morgan fingerprint density at radius 1 is 1.42 bits per heavy atom. The van der Waals surface area contributed by atoms with Gasteiger partial charge in [0, 0.05) is 17.7 Å². The lowest BCUT2D eigenvalue weighted by Gasteiger charge is -2.06. The zero-order chi connectivity index (χ0) is 13.8. The molecule has 0 saturated heterocycles. The molecule has 0 fully saturated rings. The van der Waals surface area contributed by atoms with Crippen molar-refractivity contribution in [1.29, 1.82) is 0 Å². The van der Waals surface area contributed by atoms with Gasteiger partial charge in [-0.25, -0.2) is 4.98 Å². The number of nitrogens with one attached hydrogen (secondary N) is 1. The summed E-state index contributed by atoms with van der Waals surface area (Å²) in [6.07, 6.45) is 1.63. The highest BCUT2D eigenvalue weighted by molar-refractivity contribution is 5.58. The fraction of sp³-hybridized carbons (Fsp3) is 0.308. The van der Waals surface area contributed by atoms with Crippen LogP contribution >= 0.6 is 0 Å². The van der Waals surface area contributed by atoms with Crippen molar-refractivity contribution < 1.29 is 9.34 Å². The summed E-state index contributed by atoms with van der Waals surface area (Å²) in [4.78, 5) is 14.4. The molecule has 1 unspecified atom stereocenters. The van der Waals surface area contributed by atoms with Gasteiger partial charge in [-0.3, -0.25) is 10.1 Å². The Hall–Kier alpha value is -2.21. The molecular formula is C13H15N3O3. The molecule has 2 aromatic rings. The van der Waals surface area contributed by atoms with Gasteiger partial charge in [0.2, 0.25) is 5.89 Å². The number of non-ortho nitro benzene ring substituents is 1. The number of nitrogens with zero attached hydrogens (tertiary/aromatic N) is 2. The normalized spacial score (nSPS) is 12.3. The summed E-state index contributed by atoms with van der Waals surface area (Å²) in [6.45, 7) is 4.81. The zero-order valence-corrected chi connectivity index (χ0v) is 10.8. The van der Waals surface area contributed by atoms with Gasteiger partial charge < -0.3 is 9.73 Å². The van der Waals surface area contributed by atoms with Crippen molar-refractivity contribution >= 4 is 5.69 Å². The van der Waals surface area contributed by atoms with Crippen molar-refractivity contribution in [3.05, 3.63) is 46.5 Å². The van der Waals surface area contributed by atoms with Crippen LogP contribution in [0.4, 0.5) is 5.69 Å². The Kier molecular flexibility index (Phi) is 3.91. The van der Waals surface area contributed by atoms with E-state index >= 15 is 0 Å². The van der Waals surface area contributed by atoms with Crippen LogP contribution in [0.25, 0.3) is 11.3 Å². The molecule has 0 aliphatic rings. The van der Waals surface area contributed by atoms with E-state index in [1.807, 2.05) is 13.8 Å². The van der Waals surface area contributed by atoms with Crippen LogP contribution in [0.3, 0.4) is 0 Å². The Morgan fingerprint density at radius 3 is 2.68 bits per heavy atom. The molecule has 0 aliphatic carbocycles. The fourth-order valence-electron chi connectivity index (χ4n) is 1.76. The first-order valence-corrected chi connectivity index (χ1v) is 6.05. The van der Waals surface area contributed by atoms with Gasteiger partial charge in [-0.2, -0.15) is 0 Å². The zero-order valence-electron chi connectivity index (χ0n) is 10.8. The molecule has 1 aromatic carbocycles. The van der Waals surface area contributed by atoms with Crippen LogP contribution in [0.1, 0.15) is 25.8 Å². The van der Waals surface area contributed by atoms with Gasteiger partial charge in [0.15, 0.2) is 5.76 Å². The van der Waals surface area contributed by atoms with Gasteiger partial charge in [-0.15, -0.1) is 0 Å². The third kappa shape index (κ3) is 2.97. The van der Waals surface area contributed by atoms with E-state index in [2.05, 4.69) is 10.3 Å². The molecule has 19 heavy (non-hydrogen) atoms. The van der Waals surface area contributed by atoms with Gasteiger partial charge in [0.25, 0.3) is 5.69 Å². The van der Waals surface area contributed by atoms with E-state index in [1.165, 1.54) is 12.1 Å². The van der Waals surface area contributed by atoms with Crippen molar-refractivity contribution in [3.63, 3.8) is 0 Å². The second-order valence-corrected chi connectivity index (χ2v) is 4.15. The molecule has 1 heterocycles. The fourth-order valence-corrected chi connectivity index (χ4v) is 1.76. The van der Waals surface area contributed by atoms with E-state index in [-0.39, 0.29) is 11.7 Å². The van der Waals surface area contributed by atoms with Crippen molar-refractivity contribution in [2.24, 2.45) is 0 Å². The smallest absolute Gasteiger partial charge is 0.269 e. The number of hydrogen-bond acceptors (Lipinski definition) is 5. The number of nitro groups is 1. The van der Waals surface area contributed by atoms with Crippen molar-refractivity contribution in [3.8, 4) is 11.3 Å². The number of oxazole rings is 1. The highest BCUT2D eigenvalue weighted by Crippen LogP contribution is 2.24. The van der Waals surface area contributed by atoms with Crippen LogP contribution in [0.5, 0.6) is 0 Å². The molecule has 0 spiro atoms. The van der Waals surface area contributed by atoms with Crippen molar-refractivity contribution in [2.75, 3.05) is 6.54 Å². The average molecular weight is 261 g/mol. The molecular weight excluding hydrogens is 246 g/mol. The summed E-state index contributed by atoms with van der Waals surface area (Å²) >= 11 is 0. The molecule has 6 heteroatoms. The topological polar surface area (TPSA) is 81.2 Å². The lowest BCUT2D eigenvalue weighted by Crippen LogP contribution is -2.17. The van der Waals surface area contributed by atoms with Gasteiger partial charge >= 0.3 is 0 Å². The molecule has 6 nitrogen and oxygen atoms in total. The van der Waals surface area contributed by atoms with E-state index < -0.39 is 4.92 Å². The molecule has 1 aromatic heterocycles. The lowest BCUT2D eigenvalue weighted by atomic mass is 10.2. The minimum atomic E-state index is -0.428. The predicted molar refractivity (Wildman–Crippen MR) is 70.7 cm³/mol. The summed E-state index contributed by atoms with van der Waals surface area (Å²) in [5.74, 6) is 1.21. The maximum absolute atomic E-state index is 10.6. The maximum Gasteiger partial charge on any atom is 0.269 e. The third-order valence-electron chi connectivity index (χ3n) is 2.77. The Morgan fingerprint density at radius 2 is 2.11 bits per heavy atom. The van der Waals surface area contributed by atoms with Gasteiger partial charge in [0.05, 0.1) is 17.2 Å². The molecule has 0 saturated carbocycles. The first kappa shape index (κ1) is 13.2. The Balaban J connectivity index is 2.20. The number of hydrogen-bond donors (Lipinski definition) is 1. The number of rotatable bonds is 5. The largest absolute Gasteiger partial charge is 0.439 e. The van der Waals surface area contributed by atoms with Crippen molar-refractivity contribution in [1.82, 2.24) is 10.3 Å². The standard InChI is InChI=1S/C13H15N3O3/c1-3-14-9(2)13-15-8-12(19-13)10-4-6-11(7-5-10)16(17)18/h4-9,14H,3H2,1-2H3. The Labute approximate surface area is 110 Å². The number of aromatic nitrogens is 1. The molecule has 0 amide bonds. The van der Waals surface area contributed by atoms with Gasteiger partial charge in [-0.1, -0.05) is 6.92 Å². The molecule has 1 atom stereocenters. The summed E-state index contributed by atoms with van der Waals surface area (Å²) in [7, 11) is 0. The summed E-state index contributed by atoms with van der Waals surface area (Å²) in [5, 5.41) is 13.8. The van der Waals surface area contributed by atoms with Crippen LogP contribution < -0.4 is 5.32 Å². The first-order valence-electron chi connectivity index (χ1n) is 6.05. The lowest BCUT2D eigenvalue weighted by molar-refractivity contribution is -0.384. The SMILES string of the molecule is CCNC(C)c1ncc(-c2ccc([N+](=O)[O-])cc2)o1. The molecule has 2 rings (SSSR count). The van der Waals surface area contributed by atoms with Crippen LogP contribution in [0, 0.1) is 10.1 Å². The summed E-state index contributed by atoms with van der Waals surface area (Å²) < 4.78 is 5.64. The van der Waals surface area contributed by atoms with Crippen molar-refractivity contribution in [2.45, 2.75) is 19.9 Å². The second-order valence-electron chi connectivity index (χ2n) is 4.15. The van der Waals surface area contributed by atoms with Gasteiger partial charge in [-0.05, 0) is 25.6 Å². The van der Waals surface area contributed by atoms with Gasteiger partial charge in [0.1, 0.15) is 0 Å². The molecule has 100 valence electrons. The predicted octanol–water partition coefficient (Wildman–Crippen LogP) is 2.92. The monoisotopic (exact) mass is 261 g/mol.